The maximum absolute atomic E-state index is 12.2. The van der Waals surface area contributed by atoms with E-state index in [-0.39, 0.29) is 5.91 Å². The van der Waals surface area contributed by atoms with Crippen LogP contribution >= 0.6 is 0 Å². The van der Waals surface area contributed by atoms with Crippen molar-refractivity contribution in [2.24, 2.45) is 0 Å². The lowest BCUT2D eigenvalue weighted by molar-refractivity contribution is -0.120. The van der Waals surface area contributed by atoms with Crippen LogP contribution in [-0.2, 0) is 17.8 Å². The number of amides is 1. The maximum atomic E-state index is 12.2. The van der Waals surface area contributed by atoms with E-state index in [2.05, 4.69) is 20.5 Å². The number of carbonyl (C=O) groups excluding carboxylic acids is 1. The summed E-state index contributed by atoms with van der Waals surface area (Å²) >= 11 is 0. The normalized spacial score (nSPS) is 11.1. The highest BCUT2D eigenvalue weighted by Gasteiger charge is 2.10. The van der Waals surface area contributed by atoms with E-state index in [0.717, 1.165) is 22.1 Å². The molecule has 0 unspecified atom stereocenters. The van der Waals surface area contributed by atoms with Crippen LogP contribution in [0.15, 0.2) is 54.9 Å². The van der Waals surface area contributed by atoms with Crippen molar-refractivity contribution in [1.29, 1.82) is 0 Å². The van der Waals surface area contributed by atoms with Gasteiger partial charge < -0.3 is 10.3 Å². The summed E-state index contributed by atoms with van der Waals surface area (Å²) in [7, 11) is 0. The van der Waals surface area contributed by atoms with E-state index < -0.39 is 0 Å². The molecule has 0 saturated carbocycles. The summed E-state index contributed by atoms with van der Waals surface area (Å²) in [4.78, 5) is 15.4. The zero-order valence-electron chi connectivity index (χ0n) is 12.4. The molecule has 0 aliphatic heterocycles. The average Bonchev–Trinajstić information content (AvgIpc) is 3.18. The van der Waals surface area contributed by atoms with Crippen LogP contribution in [0.1, 0.15) is 11.4 Å². The molecule has 6 heteroatoms. The second-order valence-corrected chi connectivity index (χ2v) is 5.36. The average molecular weight is 305 g/mol. The van der Waals surface area contributed by atoms with E-state index >= 15 is 0 Å². The monoisotopic (exact) mass is 305 g/mol. The second kappa shape index (κ2) is 5.57. The molecule has 0 fully saturated rings. The predicted octanol–water partition coefficient (Wildman–Crippen LogP) is 2.07. The predicted molar refractivity (Wildman–Crippen MR) is 86.8 cm³/mol. The third-order valence-corrected chi connectivity index (χ3v) is 3.85. The number of H-pyrrole nitrogens is 1. The SMILES string of the molecule is O=C(Cc1c[nH]c2ccccc12)NCc1nnc2ccccn12. The standard InChI is InChI=1S/C17H15N5O/c23-17(9-12-10-18-14-6-2-1-5-13(12)14)19-11-16-21-20-15-7-3-4-8-22(15)16/h1-8,10,18H,9,11H2,(H,19,23). The van der Waals surface area contributed by atoms with Crippen LogP contribution < -0.4 is 5.32 Å². The van der Waals surface area contributed by atoms with E-state index in [4.69, 9.17) is 0 Å². The maximum Gasteiger partial charge on any atom is 0.224 e. The third-order valence-electron chi connectivity index (χ3n) is 3.85. The first-order chi connectivity index (χ1) is 11.3. The van der Waals surface area contributed by atoms with Gasteiger partial charge in [0.1, 0.15) is 0 Å². The molecule has 6 nitrogen and oxygen atoms in total. The number of fused-ring (bicyclic) bond motifs is 2. The Kier molecular flexibility index (Phi) is 3.27. The van der Waals surface area contributed by atoms with Gasteiger partial charge in [-0.25, -0.2) is 0 Å². The van der Waals surface area contributed by atoms with E-state index in [0.29, 0.717) is 18.8 Å². The van der Waals surface area contributed by atoms with Gasteiger partial charge in [0.15, 0.2) is 11.5 Å². The molecular formula is C17H15N5O. The number of aromatic nitrogens is 4. The van der Waals surface area contributed by atoms with Crippen molar-refractivity contribution in [3.63, 3.8) is 0 Å². The fourth-order valence-electron chi connectivity index (χ4n) is 2.70. The molecule has 3 heterocycles. The number of benzene rings is 1. The highest BCUT2D eigenvalue weighted by molar-refractivity contribution is 5.88. The Morgan fingerprint density at radius 1 is 1.13 bits per heavy atom. The summed E-state index contributed by atoms with van der Waals surface area (Å²) in [6.45, 7) is 0.354. The van der Waals surface area contributed by atoms with Crippen molar-refractivity contribution in [3.05, 3.63) is 66.2 Å². The van der Waals surface area contributed by atoms with E-state index in [1.54, 1.807) is 0 Å². The van der Waals surface area contributed by atoms with Gasteiger partial charge in [-0.3, -0.25) is 9.20 Å². The Balaban J connectivity index is 1.46. The van der Waals surface area contributed by atoms with Crippen LogP contribution in [0, 0.1) is 0 Å². The van der Waals surface area contributed by atoms with Crippen LogP contribution in [0.3, 0.4) is 0 Å². The number of hydrogen-bond acceptors (Lipinski definition) is 3. The van der Waals surface area contributed by atoms with Crippen molar-refractivity contribution in [1.82, 2.24) is 24.9 Å². The largest absolute Gasteiger partial charge is 0.361 e. The van der Waals surface area contributed by atoms with Crippen LogP contribution in [0.2, 0.25) is 0 Å². The minimum Gasteiger partial charge on any atom is -0.361 e. The van der Waals surface area contributed by atoms with E-state index in [9.17, 15) is 4.79 Å². The lowest BCUT2D eigenvalue weighted by atomic mass is 10.1. The summed E-state index contributed by atoms with van der Waals surface area (Å²) < 4.78 is 1.87. The Labute approximate surface area is 132 Å². The van der Waals surface area contributed by atoms with Gasteiger partial charge in [0.2, 0.25) is 5.91 Å². The summed E-state index contributed by atoms with van der Waals surface area (Å²) in [6, 6.07) is 13.7. The van der Waals surface area contributed by atoms with Crippen molar-refractivity contribution < 1.29 is 4.79 Å². The number of nitrogens with one attached hydrogen (secondary N) is 2. The quantitative estimate of drug-likeness (QED) is 0.606. The number of pyridine rings is 1. The van der Waals surface area contributed by atoms with Gasteiger partial charge in [0.25, 0.3) is 0 Å². The molecule has 114 valence electrons. The molecule has 0 aliphatic rings. The summed E-state index contributed by atoms with van der Waals surface area (Å²) in [6.07, 6.45) is 4.11. The highest BCUT2D eigenvalue weighted by atomic mass is 16.1. The Morgan fingerprint density at radius 3 is 2.96 bits per heavy atom. The highest BCUT2D eigenvalue weighted by Crippen LogP contribution is 2.17. The van der Waals surface area contributed by atoms with Crippen LogP contribution in [-0.4, -0.2) is 25.5 Å². The van der Waals surface area contributed by atoms with Gasteiger partial charge in [-0.1, -0.05) is 24.3 Å². The summed E-state index contributed by atoms with van der Waals surface area (Å²) in [5.74, 6) is 0.676. The van der Waals surface area contributed by atoms with Crippen molar-refractivity contribution in [2.45, 2.75) is 13.0 Å². The van der Waals surface area contributed by atoms with Gasteiger partial charge >= 0.3 is 0 Å². The molecule has 4 aromatic rings. The first-order valence-electron chi connectivity index (χ1n) is 7.41. The van der Waals surface area contributed by atoms with Gasteiger partial charge in [0.05, 0.1) is 13.0 Å². The van der Waals surface area contributed by atoms with E-state index in [1.807, 2.05) is 59.3 Å². The van der Waals surface area contributed by atoms with Crippen LogP contribution in [0.4, 0.5) is 0 Å². The second-order valence-electron chi connectivity index (χ2n) is 5.36. The Hall–Kier alpha value is -3.15. The lowest BCUT2D eigenvalue weighted by Gasteiger charge is -2.04. The minimum absolute atomic E-state index is 0.0394. The smallest absolute Gasteiger partial charge is 0.224 e. The van der Waals surface area contributed by atoms with Gasteiger partial charge in [-0.05, 0) is 23.8 Å². The lowest BCUT2D eigenvalue weighted by Crippen LogP contribution is -2.25. The molecule has 3 aromatic heterocycles. The molecule has 2 N–H and O–H groups in total. The van der Waals surface area contributed by atoms with Gasteiger partial charge in [-0.15, -0.1) is 10.2 Å². The van der Waals surface area contributed by atoms with Crippen molar-refractivity contribution >= 4 is 22.5 Å². The Morgan fingerprint density at radius 2 is 2.00 bits per heavy atom. The first kappa shape index (κ1) is 13.5. The molecule has 0 spiro atoms. The fraction of sp³-hybridized carbons (Fsp3) is 0.118. The fourth-order valence-corrected chi connectivity index (χ4v) is 2.70. The molecule has 0 atom stereocenters. The Bertz CT molecular complexity index is 985. The third kappa shape index (κ3) is 2.55. The van der Waals surface area contributed by atoms with Crippen molar-refractivity contribution in [3.8, 4) is 0 Å². The molecule has 0 radical (unpaired) electrons. The number of hydrogen-bond donors (Lipinski definition) is 2. The number of nitrogens with zero attached hydrogens (tertiary/aromatic N) is 3. The number of para-hydroxylation sites is 1. The van der Waals surface area contributed by atoms with Crippen LogP contribution in [0.25, 0.3) is 16.6 Å². The van der Waals surface area contributed by atoms with E-state index in [1.165, 1.54) is 0 Å². The van der Waals surface area contributed by atoms with Gasteiger partial charge in [-0.2, -0.15) is 0 Å². The topological polar surface area (TPSA) is 75.1 Å². The molecule has 23 heavy (non-hydrogen) atoms. The summed E-state index contributed by atoms with van der Waals surface area (Å²) in [5.41, 5.74) is 2.80. The number of carbonyl (C=O) groups is 1. The molecule has 0 aliphatic carbocycles. The zero-order valence-corrected chi connectivity index (χ0v) is 12.4. The molecule has 0 bridgehead atoms. The van der Waals surface area contributed by atoms with Crippen LogP contribution in [0.5, 0.6) is 0 Å². The first-order valence-corrected chi connectivity index (χ1v) is 7.41. The minimum atomic E-state index is -0.0394. The summed E-state index contributed by atoms with van der Waals surface area (Å²) in [5, 5.41) is 12.2. The molecule has 1 aromatic carbocycles. The molecule has 4 rings (SSSR count). The number of rotatable bonds is 4. The zero-order chi connectivity index (χ0) is 15.6. The van der Waals surface area contributed by atoms with Gasteiger partial charge in [0, 0.05) is 23.3 Å². The number of aromatic amines is 1. The molecule has 0 saturated heterocycles. The molecule has 1 amide bonds. The molecular weight excluding hydrogens is 290 g/mol. The van der Waals surface area contributed by atoms with Crippen molar-refractivity contribution in [2.75, 3.05) is 0 Å².